The van der Waals surface area contributed by atoms with Crippen LogP contribution in [0.25, 0.3) is 10.9 Å². The van der Waals surface area contributed by atoms with Crippen molar-refractivity contribution in [2.75, 3.05) is 5.75 Å². The molecule has 0 saturated heterocycles. The molecule has 2 rings (SSSR count). The van der Waals surface area contributed by atoms with E-state index < -0.39 is 72.5 Å². The topological polar surface area (TPSA) is 253 Å². The van der Waals surface area contributed by atoms with Crippen molar-refractivity contribution in [3.05, 3.63) is 36.0 Å². The summed E-state index contributed by atoms with van der Waals surface area (Å²) >= 11 is 4.04. The van der Waals surface area contributed by atoms with E-state index in [0.717, 1.165) is 10.9 Å². The zero-order chi connectivity index (χ0) is 27.7. The molecule has 1 aromatic heterocycles. The predicted molar refractivity (Wildman–Crippen MR) is 135 cm³/mol. The fraction of sp³-hybridized carbons (Fsp3) is 0.364. The number of carboxylic acid groups (broad SMARTS) is 1. The summed E-state index contributed by atoms with van der Waals surface area (Å²) in [7, 11) is 0. The van der Waals surface area contributed by atoms with Crippen LogP contribution in [-0.2, 0) is 35.2 Å². The number of H-pyrrole nitrogens is 1. The van der Waals surface area contributed by atoms with Gasteiger partial charge in [-0.15, -0.1) is 0 Å². The highest BCUT2D eigenvalue weighted by molar-refractivity contribution is 7.80. The van der Waals surface area contributed by atoms with E-state index in [1.165, 1.54) is 0 Å². The van der Waals surface area contributed by atoms with Gasteiger partial charge in [0.2, 0.25) is 29.5 Å². The van der Waals surface area contributed by atoms with Crippen molar-refractivity contribution in [3.8, 4) is 0 Å². The number of benzene rings is 1. The molecular weight excluding hydrogens is 506 g/mol. The number of aromatic amines is 1. The molecule has 0 aliphatic carbocycles. The molecule has 14 nitrogen and oxygen atoms in total. The Bertz CT molecular complexity index is 1190. The maximum Gasteiger partial charge on any atom is 0.326 e. The molecule has 2 aromatic rings. The number of hydrogen-bond acceptors (Lipinski definition) is 8. The number of primary amides is 2. The van der Waals surface area contributed by atoms with Crippen LogP contribution in [0.15, 0.2) is 30.5 Å². The fourth-order valence-electron chi connectivity index (χ4n) is 3.46. The lowest BCUT2D eigenvalue weighted by Crippen LogP contribution is -2.58. The summed E-state index contributed by atoms with van der Waals surface area (Å²) in [6.07, 6.45) is 0.520. The van der Waals surface area contributed by atoms with Crippen molar-refractivity contribution in [3.63, 3.8) is 0 Å². The second-order valence-corrected chi connectivity index (χ2v) is 8.58. The summed E-state index contributed by atoms with van der Waals surface area (Å²) in [6.45, 7) is 0. The van der Waals surface area contributed by atoms with Crippen LogP contribution in [0.1, 0.15) is 18.4 Å². The maximum atomic E-state index is 13.2. The number of rotatable bonds is 14. The highest BCUT2D eigenvalue weighted by atomic mass is 32.1. The van der Waals surface area contributed by atoms with Gasteiger partial charge in [0.15, 0.2) is 0 Å². The van der Waals surface area contributed by atoms with Gasteiger partial charge in [-0.2, -0.15) is 12.6 Å². The molecule has 0 fully saturated rings. The smallest absolute Gasteiger partial charge is 0.326 e. The van der Waals surface area contributed by atoms with Gasteiger partial charge in [0.05, 0.1) is 18.9 Å². The summed E-state index contributed by atoms with van der Waals surface area (Å²) in [5, 5.41) is 17.0. The van der Waals surface area contributed by atoms with Crippen LogP contribution in [0.4, 0.5) is 0 Å². The first-order chi connectivity index (χ1) is 17.4. The molecular formula is C22H29N7O7S. The summed E-state index contributed by atoms with van der Waals surface area (Å²) in [5.74, 6) is -6.05. The normalized spacial score (nSPS) is 14.1. The number of carbonyl (C=O) groups is 6. The summed E-state index contributed by atoms with van der Waals surface area (Å²) in [5.41, 5.74) is 17.3. The third kappa shape index (κ3) is 8.50. The minimum Gasteiger partial charge on any atom is -0.480 e. The number of nitrogens with one attached hydrogen (secondary N) is 4. The number of para-hydroxylation sites is 1. The second-order valence-electron chi connectivity index (χ2n) is 8.22. The Hall–Kier alpha value is -4.11. The van der Waals surface area contributed by atoms with Gasteiger partial charge in [-0.1, -0.05) is 18.2 Å². The third-order valence-electron chi connectivity index (χ3n) is 5.33. The van der Waals surface area contributed by atoms with Crippen molar-refractivity contribution < 1.29 is 33.9 Å². The van der Waals surface area contributed by atoms with Crippen LogP contribution in [-0.4, -0.2) is 75.5 Å². The summed E-state index contributed by atoms with van der Waals surface area (Å²) < 4.78 is 0. The molecule has 0 spiro atoms. The number of amides is 5. The van der Waals surface area contributed by atoms with Crippen molar-refractivity contribution in [2.45, 2.75) is 43.4 Å². The predicted octanol–water partition coefficient (Wildman–Crippen LogP) is -2.74. The Labute approximate surface area is 216 Å². The number of aliphatic carboxylic acids is 1. The first kappa shape index (κ1) is 29.1. The zero-order valence-electron chi connectivity index (χ0n) is 19.6. The third-order valence-corrected chi connectivity index (χ3v) is 5.69. The summed E-state index contributed by atoms with van der Waals surface area (Å²) in [4.78, 5) is 75.0. The number of carbonyl (C=O) groups excluding carboxylic acids is 5. The Balaban J connectivity index is 2.24. The Morgan fingerprint density at radius 2 is 1.43 bits per heavy atom. The lowest BCUT2D eigenvalue weighted by molar-refractivity contribution is -0.143. The highest BCUT2D eigenvalue weighted by Gasteiger charge is 2.31. The number of fused-ring (bicyclic) bond motifs is 1. The number of aromatic nitrogens is 1. The molecule has 4 unspecified atom stereocenters. The lowest BCUT2D eigenvalue weighted by atomic mass is 10.0. The molecule has 0 radical (unpaired) electrons. The fourth-order valence-corrected chi connectivity index (χ4v) is 3.71. The van der Waals surface area contributed by atoms with Crippen molar-refractivity contribution in [1.29, 1.82) is 0 Å². The van der Waals surface area contributed by atoms with E-state index in [1.54, 1.807) is 12.3 Å². The van der Waals surface area contributed by atoms with Crippen LogP contribution in [0.5, 0.6) is 0 Å². The Morgan fingerprint density at radius 3 is 2.03 bits per heavy atom. The van der Waals surface area contributed by atoms with Gasteiger partial charge in [-0.3, -0.25) is 24.0 Å². The average Bonchev–Trinajstić information content (AvgIpc) is 3.23. The molecule has 1 aromatic carbocycles. The largest absolute Gasteiger partial charge is 0.480 e. The maximum absolute atomic E-state index is 13.2. The molecule has 15 heteroatoms. The Kier molecular flexibility index (Phi) is 10.4. The molecule has 0 saturated carbocycles. The van der Waals surface area contributed by atoms with Gasteiger partial charge in [-0.25, -0.2) is 4.79 Å². The monoisotopic (exact) mass is 535 g/mol. The molecule has 11 N–H and O–H groups in total. The van der Waals surface area contributed by atoms with Crippen molar-refractivity contribution in [1.82, 2.24) is 20.9 Å². The quantitative estimate of drug-likeness (QED) is 0.114. The standard InChI is InChI=1S/C22H29N7O7S/c23-12(6-17(24)30)19(32)27-14(5-10-8-26-13-4-2-1-3-11(10)13)20(33)29-16(9-37)21(34)28-15(22(35)36)7-18(25)31/h1-4,8,12,14-16,26,37H,5-7,9,23H2,(H2,24,30)(H2,25,31)(H,27,32)(H,28,34)(H,29,33)(H,35,36). The van der Waals surface area contributed by atoms with Crippen molar-refractivity contribution >= 4 is 59.0 Å². The molecule has 5 amide bonds. The SMILES string of the molecule is NC(=O)CC(N)C(=O)NC(Cc1c[nH]c2ccccc12)C(=O)NC(CS)C(=O)NC(CC(N)=O)C(=O)O. The second kappa shape index (κ2) is 13.3. The van der Waals surface area contributed by atoms with Gasteiger partial charge in [0.25, 0.3) is 0 Å². The first-order valence-electron chi connectivity index (χ1n) is 11.0. The molecule has 37 heavy (non-hydrogen) atoms. The van der Waals surface area contributed by atoms with E-state index in [0.29, 0.717) is 5.56 Å². The van der Waals surface area contributed by atoms with Gasteiger partial charge in [0, 0.05) is 29.3 Å². The van der Waals surface area contributed by atoms with E-state index >= 15 is 0 Å². The van der Waals surface area contributed by atoms with Crippen LogP contribution in [0.2, 0.25) is 0 Å². The van der Waals surface area contributed by atoms with Crippen LogP contribution in [0.3, 0.4) is 0 Å². The number of hydrogen-bond donors (Lipinski definition) is 9. The van der Waals surface area contributed by atoms with E-state index in [1.807, 2.05) is 18.2 Å². The van der Waals surface area contributed by atoms with Crippen LogP contribution in [0, 0.1) is 0 Å². The number of nitrogens with two attached hydrogens (primary N) is 3. The number of thiol groups is 1. The number of carboxylic acids is 1. The molecule has 0 aliphatic heterocycles. The minimum absolute atomic E-state index is 0.0226. The molecule has 0 aliphatic rings. The molecule has 1 heterocycles. The van der Waals surface area contributed by atoms with E-state index in [4.69, 9.17) is 17.2 Å². The van der Waals surface area contributed by atoms with E-state index in [9.17, 15) is 33.9 Å². The molecule has 0 bridgehead atoms. The average molecular weight is 536 g/mol. The van der Waals surface area contributed by atoms with Crippen LogP contribution < -0.4 is 33.2 Å². The summed E-state index contributed by atoms with van der Waals surface area (Å²) in [6, 6.07) is 1.74. The first-order valence-corrected chi connectivity index (χ1v) is 11.7. The molecule has 4 atom stereocenters. The minimum atomic E-state index is -1.61. The van der Waals surface area contributed by atoms with Gasteiger partial charge in [0.1, 0.15) is 18.1 Å². The van der Waals surface area contributed by atoms with E-state index in [2.05, 4.69) is 33.6 Å². The Morgan fingerprint density at radius 1 is 0.865 bits per heavy atom. The van der Waals surface area contributed by atoms with E-state index in [-0.39, 0.29) is 12.2 Å². The van der Waals surface area contributed by atoms with Gasteiger partial charge < -0.3 is 43.2 Å². The zero-order valence-corrected chi connectivity index (χ0v) is 20.5. The lowest BCUT2D eigenvalue weighted by Gasteiger charge is -2.24. The van der Waals surface area contributed by atoms with Crippen LogP contribution >= 0.6 is 12.6 Å². The van der Waals surface area contributed by atoms with Crippen molar-refractivity contribution in [2.24, 2.45) is 17.2 Å². The van der Waals surface area contributed by atoms with Gasteiger partial charge >= 0.3 is 5.97 Å². The highest BCUT2D eigenvalue weighted by Crippen LogP contribution is 2.19. The van der Waals surface area contributed by atoms with Gasteiger partial charge in [-0.05, 0) is 11.6 Å². The molecule has 200 valence electrons.